The molecule has 0 aromatic heterocycles. The summed E-state index contributed by atoms with van der Waals surface area (Å²) in [7, 11) is 0. The van der Waals surface area contributed by atoms with Crippen LogP contribution in [0.2, 0.25) is 0 Å². The van der Waals surface area contributed by atoms with Crippen LogP contribution in [0.5, 0.6) is 0 Å². The second kappa shape index (κ2) is 10.9. The smallest absolute Gasteiger partial charge is 0.312 e. The van der Waals surface area contributed by atoms with Crippen LogP contribution >= 0.6 is 0 Å². The van der Waals surface area contributed by atoms with Gasteiger partial charge in [-0.2, -0.15) is 0 Å². The first-order valence-electron chi connectivity index (χ1n) is 11.7. The highest BCUT2D eigenvalue weighted by atomic mass is 16.6. The van der Waals surface area contributed by atoms with Crippen LogP contribution in [0, 0.1) is 37.0 Å². The van der Waals surface area contributed by atoms with Crippen LogP contribution in [-0.4, -0.2) is 46.6 Å². The summed E-state index contributed by atoms with van der Waals surface area (Å²) in [6, 6.07) is 10.1. The van der Waals surface area contributed by atoms with Crippen molar-refractivity contribution in [3.05, 3.63) is 79.9 Å². The number of benzene rings is 2. The predicted octanol–water partition coefficient (Wildman–Crippen LogP) is 4.10. The van der Waals surface area contributed by atoms with Crippen molar-refractivity contribution in [3.63, 3.8) is 0 Å². The molecule has 0 heterocycles. The quantitative estimate of drug-likeness (QED) is 0.190. The van der Waals surface area contributed by atoms with E-state index >= 15 is 0 Å². The molecule has 1 aliphatic rings. The Bertz CT molecular complexity index is 1320. The van der Waals surface area contributed by atoms with Gasteiger partial charge in [-0.3, -0.25) is 39.4 Å². The minimum absolute atomic E-state index is 0.0257. The van der Waals surface area contributed by atoms with Gasteiger partial charge in [-0.05, 0) is 25.2 Å². The van der Waals surface area contributed by atoms with E-state index in [2.05, 4.69) is 0 Å². The van der Waals surface area contributed by atoms with Crippen molar-refractivity contribution in [3.8, 4) is 0 Å². The molecule has 2 unspecified atom stereocenters. The van der Waals surface area contributed by atoms with Crippen LogP contribution in [0.3, 0.4) is 0 Å². The van der Waals surface area contributed by atoms with Gasteiger partial charge in [-0.15, -0.1) is 0 Å². The number of Topliss-reactive ketones (excluding diaryl/α,β-unsaturated/α-hetero) is 2. The summed E-state index contributed by atoms with van der Waals surface area (Å²) < 4.78 is 10.5. The number of nitro benzene ring substituents is 2. The average molecular weight is 526 g/mol. The molecular weight excluding hydrogens is 500 g/mol. The van der Waals surface area contributed by atoms with E-state index in [0.717, 1.165) is 12.1 Å². The number of nitro groups is 2. The number of carbonyl (C=O) groups excluding carboxylic acids is 4. The summed E-state index contributed by atoms with van der Waals surface area (Å²) in [5, 5.41) is 21.9. The number of non-ortho nitro benzene ring substituents is 2. The molecule has 12 heteroatoms. The molecule has 0 spiro atoms. The molecule has 0 amide bonds. The van der Waals surface area contributed by atoms with E-state index in [4.69, 9.17) is 9.47 Å². The fourth-order valence-electron chi connectivity index (χ4n) is 4.56. The van der Waals surface area contributed by atoms with Gasteiger partial charge in [-0.1, -0.05) is 38.1 Å². The van der Waals surface area contributed by atoms with E-state index in [9.17, 15) is 39.4 Å². The molecule has 3 rings (SSSR count). The second-order valence-electron chi connectivity index (χ2n) is 9.79. The Morgan fingerprint density at radius 2 is 1.32 bits per heavy atom. The van der Waals surface area contributed by atoms with Crippen LogP contribution in [0.4, 0.5) is 11.4 Å². The number of nitrogens with zero attached hydrogens (tertiary/aromatic N) is 2. The number of ketones is 2. The second-order valence-corrected chi connectivity index (χ2v) is 9.79. The maximum atomic E-state index is 13.1. The van der Waals surface area contributed by atoms with Crippen molar-refractivity contribution >= 4 is 34.9 Å². The topological polar surface area (TPSA) is 173 Å². The number of hydrogen-bond acceptors (Lipinski definition) is 10. The predicted molar refractivity (Wildman–Crippen MR) is 131 cm³/mol. The van der Waals surface area contributed by atoms with Gasteiger partial charge in [-0.25, -0.2) is 0 Å². The van der Waals surface area contributed by atoms with Crippen molar-refractivity contribution in [1.29, 1.82) is 0 Å². The Morgan fingerprint density at radius 3 is 1.79 bits per heavy atom. The standard InChI is InChI=1S/C26H26N2O10/c1-25(2)20(23(31)37-14-21(29)16-6-4-8-18(12-16)27(33)34)10-11-26(25,3)24(32)38-15-22(30)17-7-5-9-19(13-17)28(35)36/h4-9,12-13,20H,10-11,14-15H2,1-3H3. The lowest BCUT2D eigenvalue weighted by atomic mass is 9.65. The van der Waals surface area contributed by atoms with Crippen molar-refractivity contribution < 1.29 is 38.5 Å². The summed E-state index contributed by atoms with van der Waals surface area (Å²) in [6.45, 7) is 3.76. The zero-order valence-corrected chi connectivity index (χ0v) is 21.0. The fraction of sp³-hybridized carbons (Fsp3) is 0.385. The van der Waals surface area contributed by atoms with Crippen LogP contribution in [0.1, 0.15) is 54.3 Å². The highest BCUT2D eigenvalue weighted by Gasteiger charge is 2.59. The summed E-state index contributed by atoms with van der Waals surface area (Å²) in [4.78, 5) is 71.4. The molecule has 1 fully saturated rings. The molecule has 2 aromatic carbocycles. The minimum Gasteiger partial charge on any atom is -0.457 e. The van der Waals surface area contributed by atoms with E-state index in [1.165, 1.54) is 36.4 Å². The van der Waals surface area contributed by atoms with E-state index in [1.54, 1.807) is 20.8 Å². The van der Waals surface area contributed by atoms with Crippen molar-refractivity contribution in [2.24, 2.45) is 16.7 Å². The lowest BCUT2D eigenvalue weighted by Crippen LogP contribution is -2.44. The maximum absolute atomic E-state index is 13.1. The Balaban J connectivity index is 1.62. The Morgan fingerprint density at radius 1 is 0.842 bits per heavy atom. The van der Waals surface area contributed by atoms with Gasteiger partial charge in [0, 0.05) is 35.4 Å². The van der Waals surface area contributed by atoms with Gasteiger partial charge in [0.1, 0.15) is 0 Å². The van der Waals surface area contributed by atoms with Gasteiger partial charge >= 0.3 is 11.9 Å². The molecule has 1 saturated carbocycles. The molecule has 0 saturated heterocycles. The number of hydrogen-bond donors (Lipinski definition) is 0. The first kappa shape index (κ1) is 28.1. The fourth-order valence-corrected chi connectivity index (χ4v) is 4.56. The minimum atomic E-state index is -1.16. The van der Waals surface area contributed by atoms with Crippen LogP contribution in [0.25, 0.3) is 0 Å². The van der Waals surface area contributed by atoms with E-state index in [1.807, 2.05) is 0 Å². The van der Waals surface area contributed by atoms with Crippen LogP contribution in [0.15, 0.2) is 48.5 Å². The third kappa shape index (κ3) is 5.58. The van der Waals surface area contributed by atoms with Crippen molar-refractivity contribution in [2.45, 2.75) is 33.6 Å². The Hall–Kier alpha value is -4.48. The SMILES string of the molecule is CC1(C(=O)OCC(=O)c2cccc([N+](=O)[O-])c2)CCC(C(=O)OCC(=O)c2cccc([N+](=O)[O-])c2)C1(C)C. The van der Waals surface area contributed by atoms with Crippen molar-refractivity contribution in [2.75, 3.05) is 13.2 Å². The highest BCUT2D eigenvalue weighted by molar-refractivity contribution is 5.99. The largest absolute Gasteiger partial charge is 0.457 e. The molecule has 0 radical (unpaired) electrons. The van der Waals surface area contributed by atoms with Gasteiger partial charge < -0.3 is 9.47 Å². The number of rotatable bonds is 10. The molecule has 38 heavy (non-hydrogen) atoms. The molecule has 2 aromatic rings. The molecule has 1 aliphatic carbocycles. The lowest BCUT2D eigenvalue weighted by molar-refractivity contribution is -0.385. The molecular formula is C26H26N2O10. The summed E-state index contributed by atoms with van der Waals surface area (Å²) in [5.74, 6) is -3.38. The van der Waals surface area contributed by atoms with Gasteiger partial charge in [0.15, 0.2) is 13.2 Å². The van der Waals surface area contributed by atoms with Crippen molar-refractivity contribution in [1.82, 2.24) is 0 Å². The number of esters is 2. The van der Waals surface area contributed by atoms with Gasteiger partial charge in [0.05, 0.1) is 21.2 Å². The zero-order valence-electron chi connectivity index (χ0n) is 21.0. The molecule has 0 aliphatic heterocycles. The van der Waals surface area contributed by atoms with E-state index < -0.39 is 63.3 Å². The first-order valence-corrected chi connectivity index (χ1v) is 11.7. The molecule has 12 nitrogen and oxygen atoms in total. The lowest BCUT2D eigenvalue weighted by Gasteiger charge is -2.38. The summed E-state index contributed by atoms with van der Waals surface area (Å²) in [6.07, 6.45) is 0.518. The molecule has 0 bridgehead atoms. The molecule has 0 N–H and O–H groups in total. The monoisotopic (exact) mass is 526 g/mol. The number of ether oxygens (including phenoxy) is 2. The third-order valence-corrected chi connectivity index (χ3v) is 7.40. The van der Waals surface area contributed by atoms with E-state index in [0.29, 0.717) is 0 Å². The Labute approximate surface area is 217 Å². The summed E-state index contributed by atoms with van der Waals surface area (Å²) >= 11 is 0. The average Bonchev–Trinajstić information content (AvgIpc) is 3.14. The van der Waals surface area contributed by atoms with Gasteiger partial charge in [0.25, 0.3) is 11.4 Å². The molecule has 2 atom stereocenters. The zero-order chi connectivity index (χ0) is 28.3. The van der Waals surface area contributed by atoms with Crippen LogP contribution in [-0.2, 0) is 19.1 Å². The Kier molecular flexibility index (Phi) is 8.04. The molecule has 200 valence electrons. The first-order chi connectivity index (χ1) is 17.8. The number of carbonyl (C=O) groups is 4. The normalized spacial score (nSPS) is 19.8. The van der Waals surface area contributed by atoms with Gasteiger partial charge in [0.2, 0.25) is 11.6 Å². The highest BCUT2D eigenvalue weighted by Crippen LogP contribution is 2.56. The van der Waals surface area contributed by atoms with Crippen LogP contribution < -0.4 is 0 Å². The van der Waals surface area contributed by atoms with E-state index in [-0.39, 0.29) is 35.3 Å². The summed E-state index contributed by atoms with van der Waals surface area (Å²) in [5.41, 5.74) is -2.61. The maximum Gasteiger partial charge on any atom is 0.312 e. The third-order valence-electron chi connectivity index (χ3n) is 7.40.